The third kappa shape index (κ3) is 5.15. The van der Waals surface area contributed by atoms with E-state index < -0.39 is 21.7 Å². The van der Waals surface area contributed by atoms with Crippen LogP contribution in [0.2, 0.25) is 5.02 Å². The SMILES string of the molecule is CCc1ccc(NC(=O)COc2ccc(F)c(Cl)c2)cc1S(N)(=O)=O. The van der Waals surface area contributed by atoms with Gasteiger partial charge in [0.05, 0.1) is 9.92 Å². The molecule has 0 saturated heterocycles. The van der Waals surface area contributed by atoms with Crippen LogP contribution in [0.4, 0.5) is 10.1 Å². The Bertz CT molecular complexity index is 903. The number of hydrogen-bond donors (Lipinski definition) is 2. The van der Waals surface area contributed by atoms with E-state index in [0.29, 0.717) is 12.0 Å². The Morgan fingerprint density at radius 1 is 1.28 bits per heavy atom. The largest absolute Gasteiger partial charge is 0.484 e. The van der Waals surface area contributed by atoms with E-state index in [0.717, 1.165) is 6.07 Å². The number of primary sulfonamides is 1. The van der Waals surface area contributed by atoms with Gasteiger partial charge in [0.2, 0.25) is 10.0 Å². The van der Waals surface area contributed by atoms with Crippen LogP contribution in [0.15, 0.2) is 41.3 Å². The van der Waals surface area contributed by atoms with Crippen molar-refractivity contribution in [1.82, 2.24) is 0 Å². The molecule has 0 heterocycles. The molecule has 0 aliphatic heterocycles. The van der Waals surface area contributed by atoms with Crippen molar-refractivity contribution in [2.45, 2.75) is 18.2 Å². The highest BCUT2D eigenvalue weighted by Crippen LogP contribution is 2.22. The van der Waals surface area contributed by atoms with Gasteiger partial charge in [-0.05, 0) is 36.2 Å². The number of nitrogens with two attached hydrogens (primary N) is 1. The van der Waals surface area contributed by atoms with Gasteiger partial charge in [0.1, 0.15) is 11.6 Å². The minimum absolute atomic E-state index is 0.0426. The molecule has 1 amide bonds. The minimum atomic E-state index is -3.90. The van der Waals surface area contributed by atoms with Crippen LogP contribution in [0.1, 0.15) is 12.5 Å². The van der Waals surface area contributed by atoms with E-state index in [-0.39, 0.29) is 28.0 Å². The van der Waals surface area contributed by atoms with Crippen LogP contribution >= 0.6 is 11.6 Å². The van der Waals surface area contributed by atoms with Gasteiger partial charge in [-0.2, -0.15) is 0 Å². The smallest absolute Gasteiger partial charge is 0.262 e. The van der Waals surface area contributed by atoms with Crippen LogP contribution in [0.3, 0.4) is 0 Å². The molecule has 2 aromatic carbocycles. The second kappa shape index (κ2) is 7.81. The number of benzene rings is 2. The monoisotopic (exact) mass is 386 g/mol. The molecule has 0 fully saturated rings. The van der Waals surface area contributed by atoms with Crippen molar-refractivity contribution < 1.29 is 22.3 Å². The highest BCUT2D eigenvalue weighted by atomic mass is 35.5. The zero-order valence-electron chi connectivity index (χ0n) is 13.3. The topological polar surface area (TPSA) is 98.5 Å². The van der Waals surface area contributed by atoms with Gasteiger partial charge in [0.15, 0.2) is 6.61 Å². The number of amides is 1. The van der Waals surface area contributed by atoms with Crippen molar-refractivity contribution >= 4 is 33.2 Å². The van der Waals surface area contributed by atoms with Crippen molar-refractivity contribution in [3.8, 4) is 5.75 Å². The molecular formula is C16H16ClFN2O4S. The third-order valence-electron chi connectivity index (χ3n) is 3.30. The van der Waals surface area contributed by atoms with Gasteiger partial charge in [0, 0.05) is 11.8 Å². The maximum Gasteiger partial charge on any atom is 0.262 e. The lowest BCUT2D eigenvalue weighted by Crippen LogP contribution is -2.21. The second-order valence-electron chi connectivity index (χ2n) is 5.13. The number of rotatable bonds is 6. The summed E-state index contributed by atoms with van der Waals surface area (Å²) in [6.45, 7) is 1.44. The molecule has 0 aromatic heterocycles. The number of sulfonamides is 1. The number of carbonyl (C=O) groups is 1. The molecule has 134 valence electrons. The zero-order chi connectivity index (χ0) is 18.6. The molecule has 0 aliphatic carbocycles. The average Bonchev–Trinajstić information content (AvgIpc) is 2.55. The molecule has 0 radical (unpaired) electrons. The normalized spacial score (nSPS) is 11.2. The number of halogens is 2. The minimum Gasteiger partial charge on any atom is -0.484 e. The quantitative estimate of drug-likeness (QED) is 0.797. The van der Waals surface area contributed by atoms with Gasteiger partial charge in [-0.3, -0.25) is 4.79 Å². The lowest BCUT2D eigenvalue weighted by molar-refractivity contribution is -0.118. The predicted molar refractivity (Wildman–Crippen MR) is 92.7 cm³/mol. The Morgan fingerprint density at radius 3 is 2.60 bits per heavy atom. The summed E-state index contributed by atoms with van der Waals surface area (Å²) >= 11 is 5.62. The van der Waals surface area contributed by atoms with Crippen molar-refractivity contribution in [1.29, 1.82) is 0 Å². The fourth-order valence-corrected chi connectivity index (χ4v) is 3.14. The maximum absolute atomic E-state index is 13.1. The van der Waals surface area contributed by atoms with Gasteiger partial charge in [-0.15, -0.1) is 0 Å². The Hall–Kier alpha value is -2.16. The molecule has 2 rings (SSSR count). The van der Waals surface area contributed by atoms with Crippen molar-refractivity contribution in [3.63, 3.8) is 0 Å². The first kappa shape index (κ1) is 19.2. The summed E-state index contributed by atoms with van der Waals surface area (Å²) in [6.07, 6.45) is 0.481. The van der Waals surface area contributed by atoms with Crippen molar-refractivity contribution in [2.75, 3.05) is 11.9 Å². The van der Waals surface area contributed by atoms with E-state index in [1.807, 2.05) is 0 Å². The van der Waals surface area contributed by atoms with E-state index in [1.54, 1.807) is 19.1 Å². The molecule has 3 N–H and O–H groups in total. The van der Waals surface area contributed by atoms with Gasteiger partial charge >= 0.3 is 0 Å². The summed E-state index contributed by atoms with van der Waals surface area (Å²) in [4.78, 5) is 11.9. The van der Waals surface area contributed by atoms with E-state index >= 15 is 0 Å². The van der Waals surface area contributed by atoms with Gasteiger partial charge in [0.25, 0.3) is 5.91 Å². The summed E-state index contributed by atoms with van der Waals surface area (Å²) in [6, 6.07) is 8.15. The molecule has 0 bridgehead atoms. The first-order valence-electron chi connectivity index (χ1n) is 7.24. The molecule has 0 spiro atoms. The molecule has 6 nitrogen and oxygen atoms in total. The highest BCUT2D eigenvalue weighted by Gasteiger charge is 2.15. The fourth-order valence-electron chi connectivity index (χ4n) is 2.10. The summed E-state index contributed by atoms with van der Waals surface area (Å²) in [7, 11) is -3.90. The molecule has 0 aliphatic rings. The van der Waals surface area contributed by atoms with E-state index in [1.165, 1.54) is 18.2 Å². The average molecular weight is 387 g/mol. The highest BCUT2D eigenvalue weighted by molar-refractivity contribution is 7.89. The first-order chi connectivity index (χ1) is 11.7. The Kier molecular flexibility index (Phi) is 5.99. The van der Waals surface area contributed by atoms with Crippen molar-refractivity contribution in [2.24, 2.45) is 5.14 Å². The van der Waals surface area contributed by atoms with Crippen LogP contribution in [-0.4, -0.2) is 20.9 Å². The Balaban J connectivity index is 2.06. The van der Waals surface area contributed by atoms with Gasteiger partial charge in [-0.25, -0.2) is 17.9 Å². The predicted octanol–water partition coefficient (Wildman–Crippen LogP) is 2.71. The summed E-state index contributed by atoms with van der Waals surface area (Å²) < 4.78 is 41.5. The lowest BCUT2D eigenvalue weighted by atomic mass is 10.1. The molecule has 0 unspecified atom stereocenters. The summed E-state index contributed by atoms with van der Waals surface area (Å²) in [5, 5.41) is 7.58. The van der Waals surface area contributed by atoms with E-state index in [9.17, 15) is 17.6 Å². The number of hydrogen-bond acceptors (Lipinski definition) is 4. The standard InChI is InChI=1S/C16H16ClFN2O4S/c1-2-10-3-4-11(7-15(10)25(19,22)23)20-16(21)9-24-12-5-6-14(18)13(17)8-12/h3-8H,2,9H2,1H3,(H,20,21)(H2,19,22,23). The van der Waals surface area contributed by atoms with Crippen LogP contribution in [-0.2, 0) is 21.2 Å². The molecule has 2 aromatic rings. The lowest BCUT2D eigenvalue weighted by Gasteiger charge is -2.11. The fraction of sp³-hybridized carbons (Fsp3) is 0.188. The van der Waals surface area contributed by atoms with Crippen LogP contribution in [0, 0.1) is 5.82 Å². The second-order valence-corrected chi connectivity index (χ2v) is 7.07. The summed E-state index contributed by atoms with van der Waals surface area (Å²) in [5.41, 5.74) is 0.824. The molecular weight excluding hydrogens is 371 g/mol. The first-order valence-corrected chi connectivity index (χ1v) is 9.16. The van der Waals surface area contributed by atoms with E-state index in [2.05, 4.69) is 5.32 Å². The van der Waals surface area contributed by atoms with Gasteiger partial charge in [-0.1, -0.05) is 24.6 Å². The van der Waals surface area contributed by atoms with Gasteiger partial charge < -0.3 is 10.1 Å². The zero-order valence-corrected chi connectivity index (χ0v) is 14.8. The number of carbonyl (C=O) groups excluding carboxylic acids is 1. The Morgan fingerprint density at radius 2 is 2.00 bits per heavy atom. The number of ether oxygens (including phenoxy) is 1. The Labute approximate surface area is 149 Å². The van der Waals surface area contributed by atoms with Crippen LogP contribution < -0.4 is 15.2 Å². The van der Waals surface area contributed by atoms with E-state index in [4.69, 9.17) is 21.5 Å². The van der Waals surface area contributed by atoms with Crippen LogP contribution in [0.25, 0.3) is 0 Å². The maximum atomic E-state index is 13.1. The molecule has 9 heteroatoms. The third-order valence-corrected chi connectivity index (χ3v) is 4.58. The molecule has 0 atom stereocenters. The molecule has 0 saturated carbocycles. The number of anilines is 1. The summed E-state index contributed by atoms with van der Waals surface area (Å²) in [5.74, 6) is -0.886. The van der Waals surface area contributed by atoms with Crippen molar-refractivity contribution in [3.05, 3.63) is 52.8 Å². The number of nitrogens with one attached hydrogen (secondary N) is 1. The number of aryl methyl sites for hydroxylation is 1. The molecule has 25 heavy (non-hydrogen) atoms. The van der Waals surface area contributed by atoms with Crippen LogP contribution in [0.5, 0.6) is 5.75 Å².